The van der Waals surface area contributed by atoms with E-state index in [1.54, 1.807) is 0 Å². The topological polar surface area (TPSA) is 50.3 Å². The molecule has 1 aliphatic rings. The Hall–Kier alpha value is -2.92. The number of hydrogen-bond acceptors (Lipinski definition) is 5. The van der Waals surface area contributed by atoms with E-state index in [1.165, 1.54) is 11.1 Å². The molecule has 1 fully saturated rings. The van der Waals surface area contributed by atoms with E-state index in [4.69, 9.17) is 9.72 Å². The van der Waals surface area contributed by atoms with Crippen LogP contribution in [0.5, 0.6) is 5.75 Å². The van der Waals surface area contributed by atoms with Gasteiger partial charge < -0.3 is 15.0 Å². The van der Waals surface area contributed by atoms with Crippen LogP contribution < -0.4 is 15.0 Å². The second-order valence-electron chi connectivity index (χ2n) is 8.66. The minimum Gasteiger partial charge on any atom is -0.493 e. The van der Waals surface area contributed by atoms with Crippen LogP contribution in [0.1, 0.15) is 43.0 Å². The van der Waals surface area contributed by atoms with Crippen LogP contribution in [0, 0.1) is 5.92 Å². The molecule has 5 nitrogen and oxygen atoms in total. The quantitative estimate of drug-likeness (QED) is 0.543. The molecule has 0 spiro atoms. The lowest BCUT2D eigenvalue weighted by molar-refractivity contribution is 0.271. The van der Waals surface area contributed by atoms with Crippen molar-refractivity contribution in [2.24, 2.45) is 5.92 Å². The van der Waals surface area contributed by atoms with Gasteiger partial charge in [0.2, 0.25) is 5.95 Å². The van der Waals surface area contributed by atoms with Gasteiger partial charge in [-0.3, -0.25) is 0 Å². The second-order valence-corrected chi connectivity index (χ2v) is 8.66. The molecule has 2 aromatic carbocycles. The van der Waals surface area contributed by atoms with Crippen molar-refractivity contribution < 1.29 is 4.74 Å². The van der Waals surface area contributed by atoms with E-state index < -0.39 is 0 Å². The van der Waals surface area contributed by atoms with Crippen LogP contribution in [0.15, 0.2) is 66.9 Å². The van der Waals surface area contributed by atoms with Crippen LogP contribution in [0.4, 0.5) is 5.95 Å². The van der Waals surface area contributed by atoms with E-state index in [-0.39, 0.29) is 0 Å². The third-order valence-electron chi connectivity index (χ3n) is 5.52. The van der Waals surface area contributed by atoms with Gasteiger partial charge in [0, 0.05) is 31.7 Å². The first-order valence-corrected chi connectivity index (χ1v) is 11.2. The molecule has 0 aliphatic carbocycles. The van der Waals surface area contributed by atoms with Crippen LogP contribution >= 0.6 is 0 Å². The summed E-state index contributed by atoms with van der Waals surface area (Å²) in [6, 6.07) is 21.0. The highest BCUT2D eigenvalue weighted by Gasteiger charge is 2.20. The van der Waals surface area contributed by atoms with Gasteiger partial charge in [-0.1, -0.05) is 56.3 Å². The zero-order chi connectivity index (χ0) is 21.5. The Labute approximate surface area is 185 Å². The minimum absolute atomic E-state index is 0.470. The lowest BCUT2D eigenvalue weighted by Crippen LogP contribution is -2.25. The number of hydrogen-bond donors (Lipinski definition) is 1. The number of nitrogens with one attached hydrogen (secondary N) is 1. The smallest absolute Gasteiger partial charge is 0.226 e. The van der Waals surface area contributed by atoms with Crippen LogP contribution in [0.25, 0.3) is 0 Å². The molecule has 1 N–H and O–H groups in total. The molecule has 1 atom stereocenters. The number of aromatic nitrogens is 2. The van der Waals surface area contributed by atoms with Gasteiger partial charge in [-0.2, -0.15) is 0 Å². The van der Waals surface area contributed by atoms with Crippen molar-refractivity contribution in [3.8, 4) is 5.75 Å². The first-order chi connectivity index (χ1) is 15.2. The summed E-state index contributed by atoms with van der Waals surface area (Å²) in [6.45, 7) is 8.60. The largest absolute Gasteiger partial charge is 0.493 e. The van der Waals surface area contributed by atoms with Crippen molar-refractivity contribution in [2.75, 3.05) is 24.6 Å². The molecule has 0 saturated carbocycles. The predicted octanol–water partition coefficient (Wildman–Crippen LogP) is 4.80. The summed E-state index contributed by atoms with van der Waals surface area (Å²) in [4.78, 5) is 11.9. The summed E-state index contributed by atoms with van der Waals surface area (Å²) in [5, 5.41) is 3.44. The monoisotopic (exact) mass is 416 g/mol. The Kier molecular flexibility index (Phi) is 7.15. The predicted molar refractivity (Wildman–Crippen MR) is 125 cm³/mol. The first-order valence-electron chi connectivity index (χ1n) is 11.2. The normalized spacial score (nSPS) is 15.9. The van der Waals surface area contributed by atoms with Gasteiger partial charge in [0.1, 0.15) is 5.75 Å². The zero-order valence-corrected chi connectivity index (χ0v) is 18.5. The van der Waals surface area contributed by atoms with Crippen LogP contribution in [-0.4, -0.2) is 29.7 Å². The number of benzene rings is 2. The fraction of sp³-hybridized carbons (Fsp3) is 0.385. The van der Waals surface area contributed by atoms with E-state index in [0.29, 0.717) is 11.8 Å². The molecule has 31 heavy (non-hydrogen) atoms. The third kappa shape index (κ3) is 6.05. The van der Waals surface area contributed by atoms with Gasteiger partial charge in [0.05, 0.1) is 12.3 Å². The summed E-state index contributed by atoms with van der Waals surface area (Å²) in [5.41, 5.74) is 3.59. The molecule has 0 radical (unpaired) electrons. The molecule has 3 aromatic rings. The third-order valence-corrected chi connectivity index (χ3v) is 5.52. The van der Waals surface area contributed by atoms with Gasteiger partial charge in [-0.15, -0.1) is 0 Å². The first kappa shape index (κ1) is 21.3. The molecule has 1 aromatic heterocycles. The highest BCUT2D eigenvalue weighted by molar-refractivity contribution is 5.37. The van der Waals surface area contributed by atoms with Gasteiger partial charge in [0.25, 0.3) is 0 Å². The lowest BCUT2D eigenvalue weighted by atomic mass is 10.1. The Balaban J connectivity index is 1.54. The Bertz CT molecular complexity index is 937. The second kappa shape index (κ2) is 10.4. The molecule has 162 valence electrons. The summed E-state index contributed by atoms with van der Waals surface area (Å²) >= 11 is 0. The maximum absolute atomic E-state index is 5.84. The maximum Gasteiger partial charge on any atom is 0.226 e. The summed E-state index contributed by atoms with van der Waals surface area (Å²) < 4.78 is 5.84. The number of nitrogens with zero attached hydrogens (tertiary/aromatic N) is 3. The van der Waals surface area contributed by atoms with Gasteiger partial charge in [-0.25, -0.2) is 9.97 Å². The SMILES string of the molecule is CC(C)COc1ccc(CN(Cc2ccccc2)c2nccc(C3CCNC3)n2)cc1. The van der Waals surface area contributed by atoms with Crippen molar-refractivity contribution in [2.45, 2.75) is 39.3 Å². The number of rotatable bonds is 9. The number of ether oxygens (including phenoxy) is 1. The van der Waals surface area contributed by atoms with Gasteiger partial charge in [0.15, 0.2) is 0 Å². The molecular weight excluding hydrogens is 384 g/mol. The summed E-state index contributed by atoms with van der Waals surface area (Å²) in [5.74, 6) is 2.69. The fourth-order valence-corrected chi connectivity index (χ4v) is 3.82. The molecule has 1 saturated heterocycles. The molecule has 1 aliphatic heterocycles. The van der Waals surface area contributed by atoms with Crippen LogP contribution in [-0.2, 0) is 13.1 Å². The van der Waals surface area contributed by atoms with Crippen molar-refractivity contribution in [3.63, 3.8) is 0 Å². The fourth-order valence-electron chi connectivity index (χ4n) is 3.82. The van der Waals surface area contributed by atoms with Crippen molar-refractivity contribution >= 4 is 5.95 Å². The average molecular weight is 417 g/mol. The van der Waals surface area contributed by atoms with E-state index >= 15 is 0 Å². The van der Waals surface area contributed by atoms with E-state index in [2.05, 4.69) is 83.6 Å². The van der Waals surface area contributed by atoms with Gasteiger partial charge >= 0.3 is 0 Å². The van der Waals surface area contributed by atoms with E-state index in [1.807, 2.05) is 12.3 Å². The van der Waals surface area contributed by atoms with Gasteiger partial charge in [-0.05, 0) is 48.2 Å². The molecule has 0 amide bonds. The van der Waals surface area contributed by atoms with E-state index in [0.717, 1.165) is 56.6 Å². The van der Waals surface area contributed by atoms with Crippen LogP contribution in [0.3, 0.4) is 0 Å². The highest BCUT2D eigenvalue weighted by atomic mass is 16.5. The standard InChI is InChI=1S/C26H32N4O/c1-20(2)19-31-24-10-8-22(9-11-24)18-30(17-21-6-4-3-5-7-21)26-28-15-13-25(29-26)23-12-14-27-16-23/h3-11,13,15,20,23,27H,12,14,16-19H2,1-2H3. The molecule has 2 heterocycles. The van der Waals surface area contributed by atoms with Crippen molar-refractivity contribution in [1.29, 1.82) is 0 Å². The number of anilines is 1. The molecule has 4 rings (SSSR count). The van der Waals surface area contributed by atoms with Crippen molar-refractivity contribution in [3.05, 3.63) is 83.7 Å². The average Bonchev–Trinajstić information content (AvgIpc) is 3.34. The highest BCUT2D eigenvalue weighted by Crippen LogP contribution is 2.24. The lowest BCUT2D eigenvalue weighted by Gasteiger charge is -2.24. The zero-order valence-electron chi connectivity index (χ0n) is 18.5. The molecule has 5 heteroatoms. The molecular formula is C26H32N4O. The molecule has 1 unspecified atom stereocenters. The minimum atomic E-state index is 0.470. The summed E-state index contributed by atoms with van der Waals surface area (Å²) in [6.07, 6.45) is 3.03. The van der Waals surface area contributed by atoms with Crippen molar-refractivity contribution in [1.82, 2.24) is 15.3 Å². The maximum atomic E-state index is 5.84. The Morgan fingerprint density at radius 1 is 1.00 bits per heavy atom. The Morgan fingerprint density at radius 2 is 1.74 bits per heavy atom. The Morgan fingerprint density at radius 3 is 2.42 bits per heavy atom. The van der Waals surface area contributed by atoms with E-state index in [9.17, 15) is 0 Å². The molecule has 0 bridgehead atoms. The summed E-state index contributed by atoms with van der Waals surface area (Å²) in [7, 11) is 0. The van der Waals surface area contributed by atoms with Crippen LogP contribution in [0.2, 0.25) is 0 Å².